The Labute approximate surface area is 227 Å². The van der Waals surface area contributed by atoms with Crippen LogP contribution in [0.2, 0.25) is 0 Å². The first kappa shape index (κ1) is 27.7. The van der Waals surface area contributed by atoms with Crippen LogP contribution in [0.1, 0.15) is 30.7 Å². The number of anilines is 2. The fourth-order valence-electron chi connectivity index (χ4n) is 5.12. The molecule has 10 nitrogen and oxygen atoms in total. The summed E-state index contributed by atoms with van der Waals surface area (Å²) in [5, 5.41) is 10.2. The van der Waals surface area contributed by atoms with Crippen molar-refractivity contribution in [3.8, 4) is 6.07 Å². The van der Waals surface area contributed by atoms with Gasteiger partial charge >= 0.3 is 11.9 Å². The van der Waals surface area contributed by atoms with Gasteiger partial charge in [-0.1, -0.05) is 30.3 Å². The molecule has 1 saturated heterocycles. The van der Waals surface area contributed by atoms with E-state index in [0.717, 1.165) is 25.5 Å². The van der Waals surface area contributed by atoms with Crippen LogP contribution in [0.4, 0.5) is 11.4 Å². The van der Waals surface area contributed by atoms with Crippen molar-refractivity contribution in [2.45, 2.75) is 30.1 Å². The van der Waals surface area contributed by atoms with Crippen LogP contribution >= 0.6 is 0 Å². The Morgan fingerprint density at radius 3 is 2.21 bits per heavy atom. The Kier molecular flexibility index (Phi) is 7.97. The monoisotopic (exact) mass is 550 g/mol. The van der Waals surface area contributed by atoms with Crippen molar-refractivity contribution in [1.29, 1.82) is 5.26 Å². The fraction of sp³-hybridized carbons (Fsp3) is 0.321. The number of nitrogens with zero attached hydrogens (tertiary/aromatic N) is 3. The standard InChI is InChI=1S/C28H30N4O6S/c1-37-27(33)24-23(18-10-6-4-7-11-18)20(17-29)26(30)32(25(24)28(34)38-2)19-12-13-22(39(3,35)36)21(16-19)31-14-8-5-9-15-31/h4,6-7,10-13,16,23H,5,8-9,14-15,30H2,1-3H3. The summed E-state index contributed by atoms with van der Waals surface area (Å²) in [6, 6.07) is 15.4. The van der Waals surface area contributed by atoms with Crippen molar-refractivity contribution in [2.75, 3.05) is 43.4 Å². The molecule has 2 aliphatic heterocycles. The molecule has 204 valence electrons. The average Bonchev–Trinajstić information content (AvgIpc) is 2.95. The number of rotatable bonds is 6. The number of allylic oxidation sites excluding steroid dienone is 1. The fourth-order valence-corrected chi connectivity index (χ4v) is 6.01. The Hall–Kier alpha value is -4.30. The van der Waals surface area contributed by atoms with E-state index in [-0.39, 0.29) is 27.6 Å². The summed E-state index contributed by atoms with van der Waals surface area (Å²) < 4.78 is 35.5. The average molecular weight is 551 g/mol. The first-order valence-electron chi connectivity index (χ1n) is 12.4. The van der Waals surface area contributed by atoms with E-state index in [0.29, 0.717) is 30.0 Å². The van der Waals surface area contributed by atoms with Crippen molar-refractivity contribution < 1.29 is 27.5 Å². The van der Waals surface area contributed by atoms with Crippen LogP contribution < -0.4 is 15.5 Å². The second-order valence-corrected chi connectivity index (χ2v) is 11.3. The topological polar surface area (TPSA) is 143 Å². The first-order chi connectivity index (χ1) is 18.6. The van der Waals surface area contributed by atoms with Gasteiger partial charge in [0.15, 0.2) is 9.84 Å². The molecular formula is C28H30N4O6S. The molecule has 0 amide bonds. The van der Waals surface area contributed by atoms with Crippen LogP contribution in [0, 0.1) is 11.3 Å². The molecule has 1 atom stereocenters. The zero-order chi connectivity index (χ0) is 28.3. The van der Waals surface area contributed by atoms with E-state index in [1.807, 2.05) is 4.90 Å². The molecule has 11 heteroatoms. The van der Waals surface area contributed by atoms with E-state index in [1.165, 1.54) is 31.3 Å². The Bertz CT molecular complexity index is 1500. The summed E-state index contributed by atoms with van der Waals surface area (Å²) in [7, 11) is -1.25. The van der Waals surface area contributed by atoms with Gasteiger partial charge in [-0.15, -0.1) is 0 Å². The summed E-state index contributed by atoms with van der Waals surface area (Å²) in [6.45, 7) is 1.31. The van der Waals surface area contributed by atoms with Crippen molar-refractivity contribution >= 4 is 33.2 Å². The number of methoxy groups -OCH3 is 2. The summed E-state index contributed by atoms with van der Waals surface area (Å²) in [5.74, 6) is -2.79. The minimum atomic E-state index is -3.60. The lowest BCUT2D eigenvalue weighted by molar-refractivity contribution is -0.139. The van der Waals surface area contributed by atoms with Gasteiger partial charge in [0.1, 0.15) is 11.5 Å². The normalized spacial score (nSPS) is 18.1. The lowest BCUT2D eigenvalue weighted by Gasteiger charge is -2.37. The molecule has 39 heavy (non-hydrogen) atoms. The lowest BCUT2D eigenvalue weighted by atomic mass is 9.81. The zero-order valence-electron chi connectivity index (χ0n) is 22.0. The molecule has 0 aromatic heterocycles. The number of esters is 2. The summed E-state index contributed by atoms with van der Waals surface area (Å²) in [4.78, 5) is 30.0. The Morgan fingerprint density at radius 1 is 1.00 bits per heavy atom. The highest BCUT2D eigenvalue weighted by Crippen LogP contribution is 2.44. The molecular weight excluding hydrogens is 520 g/mol. The maximum atomic E-state index is 13.3. The van der Waals surface area contributed by atoms with E-state index < -0.39 is 27.7 Å². The van der Waals surface area contributed by atoms with Crippen LogP contribution in [-0.4, -0.2) is 53.9 Å². The highest BCUT2D eigenvalue weighted by molar-refractivity contribution is 7.90. The second-order valence-electron chi connectivity index (χ2n) is 9.31. The minimum absolute atomic E-state index is 0.0287. The van der Waals surface area contributed by atoms with Gasteiger partial charge < -0.3 is 20.1 Å². The smallest absolute Gasteiger partial charge is 0.355 e. The third kappa shape index (κ3) is 5.20. The number of piperidine rings is 1. The predicted octanol–water partition coefficient (Wildman–Crippen LogP) is 2.98. The van der Waals surface area contributed by atoms with Crippen LogP contribution in [-0.2, 0) is 28.9 Å². The number of carbonyl (C=O) groups excluding carboxylic acids is 2. The third-order valence-electron chi connectivity index (χ3n) is 6.91. The predicted molar refractivity (Wildman–Crippen MR) is 145 cm³/mol. The molecule has 0 aliphatic carbocycles. The Morgan fingerprint density at radius 2 is 1.64 bits per heavy atom. The van der Waals surface area contributed by atoms with Gasteiger partial charge in [-0.25, -0.2) is 18.0 Å². The molecule has 4 rings (SSSR count). The highest BCUT2D eigenvalue weighted by Gasteiger charge is 2.43. The van der Waals surface area contributed by atoms with Gasteiger partial charge in [0.25, 0.3) is 0 Å². The molecule has 1 fully saturated rings. The summed E-state index contributed by atoms with van der Waals surface area (Å²) >= 11 is 0. The van der Waals surface area contributed by atoms with Crippen molar-refractivity contribution in [1.82, 2.24) is 0 Å². The quantitative estimate of drug-likeness (QED) is 0.533. The number of benzene rings is 2. The molecule has 0 saturated carbocycles. The molecule has 1 unspecified atom stereocenters. The number of hydrogen-bond donors (Lipinski definition) is 1. The van der Waals surface area contributed by atoms with Crippen LogP contribution in [0.3, 0.4) is 0 Å². The van der Waals surface area contributed by atoms with E-state index in [9.17, 15) is 23.3 Å². The lowest BCUT2D eigenvalue weighted by Crippen LogP contribution is -2.41. The number of sulfone groups is 1. The molecule has 0 bridgehead atoms. The largest absolute Gasteiger partial charge is 0.466 e. The molecule has 2 N–H and O–H groups in total. The molecule has 2 aromatic rings. The SMILES string of the molecule is COC(=O)C1=C(C(=O)OC)N(c2ccc(S(C)(=O)=O)c(N3CCCCC3)c2)C(N)=C(C#N)C1c1ccccc1. The van der Waals surface area contributed by atoms with Crippen molar-refractivity contribution in [3.05, 3.63) is 76.8 Å². The van der Waals surface area contributed by atoms with Crippen LogP contribution in [0.15, 0.2) is 76.1 Å². The number of ether oxygens (including phenoxy) is 2. The third-order valence-corrected chi connectivity index (χ3v) is 8.05. The van der Waals surface area contributed by atoms with Gasteiger partial charge in [-0.2, -0.15) is 5.26 Å². The van der Waals surface area contributed by atoms with Gasteiger partial charge in [0.2, 0.25) is 0 Å². The molecule has 2 aromatic carbocycles. The Balaban J connectivity index is 2.04. The van der Waals surface area contributed by atoms with Crippen LogP contribution in [0.5, 0.6) is 0 Å². The molecule has 0 radical (unpaired) electrons. The maximum absolute atomic E-state index is 13.3. The number of carbonyl (C=O) groups is 2. The summed E-state index contributed by atoms with van der Waals surface area (Å²) in [6.07, 6.45) is 3.97. The molecule has 0 spiro atoms. The number of nitrogens with two attached hydrogens (primary N) is 1. The molecule has 2 aliphatic rings. The number of nitriles is 1. The summed E-state index contributed by atoms with van der Waals surface area (Å²) in [5.41, 5.74) is 7.59. The zero-order valence-corrected chi connectivity index (χ0v) is 22.8. The van der Waals surface area contributed by atoms with E-state index >= 15 is 0 Å². The highest BCUT2D eigenvalue weighted by atomic mass is 32.2. The van der Waals surface area contributed by atoms with E-state index in [1.54, 1.807) is 36.4 Å². The maximum Gasteiger partial charge on any atom is 0.355 e. The number of hydrogen-bond acceptors (Lipinski definition) is 10. The van der Waals surface area contributed by atoms with Crippen LogP contribution in [0.25, 0.3) is 0 Å². The van der Waals surface area contributed by atoms with Crippen molar-refractivity contribution in [2.24, 2.45) is 5.73 Å². The minimum Gasteiger partial charge on any atom is -0.466 e. The van der Waals surface area contributed by atoms with E-state index in [4.69, 9.17) is 15.2 Å². The first-order valence-corrected chi connectivity index (χ1v) is 14.3. The second kappa shape index (κ2) is 11.2. The van der Waals surface area contributed by atoms with Crippen molar-refractivity contribution in [3.63, 3.8) is 0 Å². The molecule has 2 heterocycles. The van der Waals surface area contributed by atoms with Gasteiger partial charge in [-0.3, -0.25) is 4.90 Å². The van der Waals surface area contributed by atoms with Gasteiger partial charge in [0, 0.05) is 25.0 Å². The van der Waals surface area contributed by atoms with Gasteiger partial charge in [-0.05, 0) is 43.0 Å². The van der Waals surface area contributed by atoms with E-state index in [2.05, 4.69) is 6.07 Å². The van der Waals surface area contributed by atoms with Gasteiger partial charge in [0.05, 0.1) is 47.9 Å².